The summed E-state index contributed by atoms with van der Waals surface area (Å²) >= 11 is 0. The molecule has 1 aromatic rings. The first-order valence-electron chi connectivity index (χ1n) is 6.75. The fraction of sp³-hybridized carbons (Fsp3) is 0.500. The number of rotatable bonds is 5. The lowest BCUT2D eigenvalue weighted by atomic mass is 10.1. The van der Waals surface area contributed by atoms with Gasteiger partial charge in [0.05, 0.1) is 30.8 Å². The van der Waals surface area contributed by atoms with Gasteiger partial charge in [-0.2, -0.15) is 0 Å². The molecule has 21 heavy (non-hydrogen) atoms. The van der Waals surface area contributed by atoms with Crippen LogP contribution in [0, 0.1) is 10.1 Å². The van der Waals surface area contributed by atoms with Gasteiger partial charge in [-0.15, -0.1) is 0 Å². The van der Waals surface area contributed by atoms with Gasteiger partial charge in [-0.25, -0.2) is 0 Å². The van der Waals surface area contributed by atoms with E-state index in [9.17, 15) is 14.9 Å². The molecule has 2 atom stereocenters. The van der Waals surface area contributed by atoms with Gasteiger partial charge in [-0.1, -0.05) is 0 Å². The maximum Gasteiger partial charge on any atom is 0.269 e. The van der Waals surface area contributed by atoms with Crippen LogP contribution in [0.15, 0.2) is 24.3 Å². The average Bonchev–Trinajstić information content (AvgIpc) is 2.49. The number of non-ortho nitro benzene ring substituents is 1. The van der Waals surface area contributed by atoms with Crippen molar-refractivity contribution < 1.29 is 19.6 Å². The molecule has 0 bridgehead atoms. The summed E-state index contributed by atoms with van der Waals surface area (Å²) in [7, 11) is 0. The molecular formula is C14H18N2O5. The largest absolute Gasteiger partial charge is 0.394 e. The third kappa shape index (κ3) is 3.84. The SMILES string of the molecule is CC1COC(CO)CN1CC(=O)c1ccc([N+](=O)[O-])cc1. The van der Waals surface area contributed by atoms with Crippen molar-refractivity contribution in [2.24, 2.45) is 0 Å². The number of hydrogen-bond donors (Lipinski definition) is 1. The van der Waals surface area contributed by atoms with Crippen molar-refractivity contribution in [1.29, 1.82) is 0 Å². The van der Waals surface area contributed by atoms with Gasteiger partial charge in [-0.3, -0.25) is 19.8 Å². The molecule has 0 spiro atoms. The van der Waals surface area contributed by atoms with Gasteiger partial charge < -0.3 is 9.84 Å². The summed E-state index contributed by atoms with van der Waals surface area (Å²) in [5.74, 6) is -0.102. The highest BCUT2D eigenvalue weighted by molar-refractivity contribution is 5.97. The fourth-order valence-electron chi connectivity index (χ4n) is 2.25. The predicted molar refractivity (Wildman–Crippen MR) is 75.3 cm³/mol. The maximum absolute atomic E-state index is 12.2. The van der Waals surface area contributed by atoms with Crippen LogP contribution in [-0.4, -0.2) is 59.2 Å². The van der Waals surface area contributed by atoms with Crippen LogP contribution in [0.3, 0.4) is 0 Å². The number of aliphatic hydroxyl groups is 1. The van der Waals surface area contributed by atoms with E-state index in [0.717, 1.165) is 0 Å². The highest BCUT2D eigenvalue weighted by Crippen LogP contribution is 2.15. The van der Waals surface area contributed by atoms with Gasteiger partial charge in [0.2, 0.25) is 0 Å². The van der Waals surface area contributed by atoms with Crippen molar-refractivity contribution in [1.82, 2.24) is 4.90 Å². The predicted octanol–water partition coefficient (Wildman–Crippen LogP) is 0.859. The number of Topliss-reactive ketones (excluding diaryl/α,β-unsaturated/α-hetero) is 1. The Morgan fingerprint density at radius 3 is 2.71 bits per heavy atom. The number of nitrogens with zero attached hydrogens (tertiary/aromatic N) is 2. The average molecular weight is 294 g/mol. The Morgan fingerprint density at radius 1 is 1.48 bits per heavy atom. The summed E-state index contributed by atoms with van der Waals surface area (Å²) in [6.07, 6.45) is -0.272. The monoisotopic (exact) mass is 294 g/mol. The van der Waals surface area contributed by atoms with Crippen LogP contribution < -0.4 is 0 Å². The number of carbonyl (C=O) groups excluding carboxylic acids is 1. The number of nitro groups is 1. The molecule has 0 radical (unpaired) electrons. The van der Waals surface area contributed by atoms with Crippen molar-refractivity contribution in [3.63, 3.8) is 0 Å². The third-order valence-corrected chi connectivity index (χ3v) is 3.59. The molecule has 1 heterocycles. The number of carbonyl (C=O) groups is 1. The van der Waals surface area contributed by atoms with Gasteiger partial charge in [-0.05, 0) is 19.1 Å². The number of hydrogen-bond acceptors (Lipinski definition) is 6. The molecule has 2 rings (SSSR count). The topological polar surface area (TPSA) is 92.9 Å². The summed E-state index contributed by atoms with van der Waals surface area (Å²) in [6.45, 7) is 3.06. The van der Waals surface area contributed by atoms with Gasteiger partial charge in [0.15, 0.2) is 5.78 Å². The lowest BCUT2D eigenvalue weighted by Gasteiger charge is -2.36. The van der Waals surface area contributed by atoms with Crippen molar-refractivity contribution in [3.05, 3.63) is 39.9 Å². The van der Waals surface area contributed by atoms with Crippen LogP contribution in [0.25, 0.3) is 0 Å². The van der Waals surface area contributed by atoms with E-state index in [1.54, 1.807) is 0 Å². The van der Waals surface area contributed by atoms with E-state index in [2.05, 4.69) is 0 Å². The zero-order chi connectivity index (χ0) is 15.4. The van der Waals surface area contributed by atoms with Gasteiger partial charge in [0.1, 0.15) is 0 Å². The number of morpholine rings is 1. The summed E-state index contributed by atoms with van der Waals surface area (Å²) < 4.78 is 5.42. The van der Waals surface area contributed by atoms with E-state index in [4.69, 9.17) is 9.84 Å². The van der Waals surface area contributed by atoms with Crippen molar-refractivity contribution in [2.45, 2.75) is 19.1 Å². The second-order valence-corrected chi connectivity index (χ2v) is 5.14. The van der Waals surface area contributed by atoms with Gasteiger partial charge in [0.25, 0.3) is 5.69 Å². The lowest BCUT2D eigenvalue weighted by Crippen LogP contribution is -2.51. The van der Waals surface area contributed by atoms with E-state index < -0.39 is 4.92 Å². The second kappa shape index (κ2) is 6.75. The van der Waals surface area contributed by atoms with Crippen LogP contribution >= 0.6 is 0 Å². The molecule has 1 aliphatic rings. The molecule has 0 aromatic heterocycles. The summed E-state index contributed by atoms with van der Waals surface area (Å²) in [5.41, 5.74) is 0.409. The van der Waals surface area contributed by atoms with Gasteiger partial charge >= 0.3 is 0 Å². The number of ketones is 1. The third-order valence-electron chi connectivity index (χ3n) is 3.59. The Morgan fingerprint density at radius 2 is 2.14 bits per heavy atom. The molecule has 1 N–H and O–H groups in total. The zero-order valence-corrected chi connectivity index (χ0v) is 11.8. The highest BCUT2D eigenvalue weighted by atomic mass is 16.6. The lowest BCUT2D eigenvalue weighted by molar-refractivity contribution is -0.384. The van der Waals surface area contributed by atoms with E-state index in [1.807, 2.05) is 11.8 Å². The first kappa shape index (κ1) is 15.6. The zero-order valence-electron chi connectivity index (χ0n) is 11.8. The van der Waals surface area contributed by atoms with Crippen LogP contribution in [0.5, 0.6) is 0 Å². The van der Waals surface area contributed by atoms with Crippen molar-refractivity contribution in [2.75, 3.05) is 26.3 Å². The van der Waals surface area contributed by atoms with Crippen LogP contribution in [0.2, 0.25) is 0 Å². The Labute approximate surface area is 122 Å². The maximum atomic E-state index is 12.2. The Hall–Kier alpha value is -1.83. The number of nitro benzene ring substituents is 1. The normalized spacial score (nSPS) is 23.0. The molecule has 1 aromatic carbocycles. The molecule has 7 nitrogen and oxygen atoms in total. The molecule has 0 saturated carbocycles. The Balaban J connectivity index is 2.01. The number of benzene rings is 1. The Kier molecular flexibility index (Phi) is 5.00. The second-order valence-electron chi connectivity index (χ2n) is 5.14. The Bertz CT molecular complexity index is 517. The smallest absolute Gasteiger partial charge is 0.269 e. The van der Waals surface area contributed by atoms with Crippen molar-refractivity contribution in [3.8, 4) is 0 Å². The minimum atomic E-state index is -0.496. The van der Waals surface area contributed by atoms with Crippen LogP contribution in [-0.2, 0) is 4.74 Å². The standard InChI is InChI=1S/C14H18N2O5/c1-10-9-21-13(8-17)6-15(10)7-14(18)11-2-4-12(5-3-11)16(19)20/h2-5,10,13,17H,6-9H2,1H3. The number of ether oxygens (including phenoxy) is 1. The fourth-order valence-corrected chi connectivity index (χ4v) is 2.25. The first-order chi connectivity index (χ1) is 10.0. The van der Waals surface area contributed by atoms with E-state index >= 15 is 0 Å². The van der Waals surface area contributed by atoms with E-state index in [0.29, 0.717) is 18.7 Å². The molecule has 1 saturated heterocycles. The summed E-state index contributed by atoms with van der Waals surface area (Å²) in [6, 6.07) is 5.68. The molecule has 114 valence electrons. The molecule has 0 aliphatic carbocycles. The van der Waals surface area contributed by atoms with E-state index in [-0.39, 0.29) is 36.8 Å². The molecule has 1 fully saturated rings. The van der Waals surface area contributed by atoms with Crippen LogP contribution in [0.1, 0.15) is 17.3 Å². The van der Waals surface area contributed by atoms with Crippen LogP contribution in [0.4, 0.5) is 5.69 Å². The number of aliphatic hydroxyl groups excluding tert-OH is 1. The summed E-state index contributed by atoms with van der Waals surface area (Å²) in [4.78, 5) is 24.3. The highest BCUT2D eigenvalue weighted by Gasteiger charge is 2.27. The minimum Gasteiger partial charge on any atom is -0.394 e. The molecular weight excluding hydrogens is 276 g/mol. The first-order valence-corrected chi connectivity index (χ1v) is 6.75. The molecule has 2 unspecified atom stereocenters. The molecule has 7 heteroatoms. The van der Waals surface area contributed by atoms with Crippen molar-refractivity contribution >= 4 is 11.5 Å². The quantitative estimate of drug-likeness (QED) is 0.492. The molecule has 1 aliphatic heterocycles. The summed E-state index contributed by atoms with van der Waals surface area (Å²) in [5, 5.41) is 19.7. The van der Waals surface area contributed by atoms with E-state index in [1.165, 1.54) is 24.3 Å². The molecule has 0 amide bonds. The van der Waals surface area contributed by atoms with Gasteiger partial charge in [0, 0.05) is 30.3 Å². The minimum absolute atomic E-state index is 0.0355.